The largest absolute Gasteiger partial charge is 0.481 e. The number of nitrogens with zero attached hydrogens (tertiary/aromatic N) is 1. The number of carbonyl (C=O) groups is 3. The maximum Gasteiger partial charge on any atom is 0.309 e. The minimum Gasteiger partial charge on any atom is -0.481 e. The zero-order chi connectivity index (χ0) is 38.7. The van der Waals surface area contributed by atoms with E-state index in [9.17, 15) is 19.5 Å². The van der Waals surface area contributed by atoms with Crippen LogP contribution >= 0.6 is 20.3 Å². The van der Waals surface area contributed by atoms with Gasteiger partial charge in [0.15, 0.2) is 6.29 Å². The van der Waals surface area contributed by atoms with Crippen molar-refractivity contribution in [3.8, 4) is 0 Å². The molecule has 3 saturated carbocycles. The van der Waals surface area contributed by atoms with Gasteiger partial charge in [-0.1, -0.05) is 84.2 Å². The molecule has 290 valence electrons. The van der Waals surface area contributed by atoms with Gasteiger partial charge in [-0.05, 0) is 140 Å². The number of allylic oxidation sites excluding steroid dienone is 4. The summed E-state index contributed by atoms with van der Waals surface area (Å²) in [4.78, 5) is 37.1. The van der Waals surface area contributed by atoms with Gasteiger partial charge in [0.1, 0.15) is 11.1 Å². The van der Waals surface area contributed by atoms with Crippen LogP contribution in [0.25, 0.3) is 0 Å². The SMILES string of the molecule is C=CCC1(/C(=C(\Cl)C=O)N(C)PC)CCC2C(CCC3C2(C)CCC(C)(C)C3(C)CCC(CC)OC(=O)CC(C)(C)C(=O)O)/C1=C(/CC)C(C)C. The Hall–Kier alpha value is -1.65. The number of carboxylic acids is 1. The summed E-state index contributed by atoms with van der Waals surface area (Å²) in [5, 5.41) is 9.89. The average molecular weight is 748 g/mol. The van der Waals surface area contributed by atoms with Crippen molar-refractivity contribution < 1.29 is 24.2 Å². The van der Waals surface area contributed by atoms with E-state index in [-0.39, 0.29) is 34.2 Å². The lowest BCUT2D eigenvalue weighted by Gasteiger charge is -2.68. The molecule has 0 spiro atoms. The molecule has 0 bridgehead atoms. The van der Waals surface area contributed by atoms with Crippen LogP contribution in [0.5, 0.6) is 0 Å². The van der Waals surface area contributed by atoms with Crippen LogP contribution in [0.3, 0.4) is 0 Å². The highest BCUT2D eigenvalue weighted by Crippen LogP contribution is 2.72. The molecule has 6 nitrogen and oxygen atoms in total. The molecule has 0 amide bonds. The molecule has 0 aromatic carbocycles. The highest BCUT2D eigenvalue weighted by atomic mass is 35.5. The Balaban J connectivity index is 2.09. The lowest BCUT2D eigenvalue weighted by Crippen LogP contribution is -2.60. The van der Waals surface area contributed by atoms with Crippen LogP contribution in [-0.4, -0.2) is 47.8 Å². The monoisotopic (exact) mass is 747 g/mol. The summed E-state index contributed by atoms with van der Waals surface area (Å²) in [5.41, 5.74) is 2.81. The highest BCUT2D eigenvalue weighted by molar-refractivity contribution is 7.34. The predicted molar refractivity (Wildman–Crippen MR) is 214 cm³/mol. The molecule has 8 atom stereocenters. The van der Waals surface area contributed by atoms with Crippen molar-refractivity contribution >= 4 is 38.6 Å². The smallest absolute Gasteiger partial charge is 0.309 e. The lowest BCUT2D eigenvalue weighted by atomic mass is 9.37. The maximum absolute atomic E-state index is 12.9. The molecule has 3 aliphatic carbocycles. The summed E-state index contributed by atoms with van der Waals surface area (Å²) in [6.07, 6.45) is 13.4. The Bertz CT molecular complexity index is 1370. The summed E-state index contributed by atoms with van der Waals surface area (Å²) < 4.78 is 8.22. The normalized spacial score (nSPS) is 32.8. The van der Waals surface area contributed by atoms with Crippen LogP contribution in [0, 0.1) is 50.7 Å². The molecule has 51 heavy (non-hydrogen) atoms. The molecule has 0 aliphatic heterocycles. The van der Waals surface area contributed by atoms with Gasteiger partial charge in [-0.2, -0.15) is 0 Å². The number of hydrogen-bond acceptors (Lipinski definition) is 5. The van der Waals surface area contributed by atoms with Gasteiger partial charge in [-0.15, -0.1) is 6.58 Å². The number of fused-ring (bicyclic) bond motifs is 3. The van der Waals surface area contributed by atoms with Crippen LogP contribution in [-0.2, 0) is 19.1 Å². The number of aliphatic carboxylic acids is 1. The van der Waals surface area contributed by atoms with E-state index < -0.39 is 17.4 Å². The summed E-state index contributed by atoms with van der Waals surface area (Å²) >= 11 is 6.95. The Morgan fingerprint density at radius 3 is 2.27 bits per heavy atom. The van der Waals surface area contributed by atoms with Crippen LogP contribution in [0.4, 0.5) is 0 Å². The van der Waals surface area contributed by atoms with E-state index in [1.54, 1.807) is 19.4 Å². The van der Waals surface area contributed by atoms with E-state index >= 15 is 0 Å². The molecular weight excluding hydrogens is 677 g/mol. The molecule has 0 saturated heterocycles. The number of carboxylic acid groups (broad SMARTS) is 1. The molecule has 3 rings (SSSR count). The van der Waals surface area contributed by atoms with Crippen molar-refractivity contribution in [2.45, 2.75) is 152 Å². The van der Waals surface area contributed by atoms with Gasteiger partial charge >= 0.3 is 11.9 Å². The number of ether oxygens (including phenoxy) is 1. The fourth-order valence-corrected chi connectivity index (χ4v) is 12.2. The van der Waals surface area contributed by atoms with Crippen molar-refractivity contribution in [1.29, 1.82) is 0 Å². The molecule has 0 aromatic heterocycles. The third-order valence-electron chi connectivity index (χ3n) is 14.5. The maximum atomic E-state index is 12.9. The zero-order valence-corrected chi connectivity index (χ0v) is 35.9. The van der Waals surface area contributed by atoms with Crippen molar-refractivity contribution in [3.05, 3.63) is 34.5 Å². The van der Waals surface area contributed by atoms with Gasteiger partial charge in [-0.25, -0.2) is 0 Å². The van der Waals surface area contributed by atoms with E-state index in [2.05, 4.69) is 86.4 Å². The summed E-state index contributed by atoms with van der Waals surface area (Å²) in [6.45, 7) is 28.6. The van der Waals surface area contributed by atoms with Gasteiger partial charge in [0.05, 0.1) is 11.8 Å². The number of halogens is 1. The van der Waals surface area contributed by atoms with Gasteiger partial charge in [0.25, 0.3) is 0 Å². The second kappa shape index (κ2) is 16.8. The molecule has 0 aromatic rings. The Morgan fingerprint density at radius 1 is 1.12 bits per heavy atom. The number of esters is 1. The van der Waals surface area contributed by atoms with E-state index in [0.717, 1.165) is 69.8 Å². The quantitative estimate of drug-likeness (QED) is 0.0556. The fourth-order valence-electron chi connectivity index (χ4n) is 11.2. The van der Waals surface area contributed by atoms with Crippen molar-refractivity contribution in [2.75, 3.05) is 13.7 Å². The Labute approximate surface area is 317 Å². The Morgan fingerprint density at radius 2 is 1.76 bits per heavy atom. The van der Waals surface area contributed by atoms with E-state index in [4.69, 9.17) is 16.3 Å². The van der Waals surface area contributed by atoms with E-state index in [1.807, 2.05) is 0 Å². The van der Waals surface area contributed by atoms with Crippen LogP contribution in [0.1, 0.15) is 146 Å². The fraction of sp³-hybridized carbons (Fsp3) is 0.791. The van der Waals surface area contributed by atoms with Crippen molar-refractivity contribution in [3.63, 3.8) is 0 Å². The van der Waals surface area contributed by atoms with Gasteiger partial charge in [0.2, 0.25) is 0 Å². The first kappa shape index (κ1) is 43.8. The first-order chi connectivity index (χ1) is 23.7. The van der Waals surface area contributed by atoms with E-state index in [0.29, 0.717) is 43.9 Å². The number of aldehydes is 1. The van der Waals surface area contributed by atoms with Crippen LogP contribution < -0.4 is 0 Å². The molecule has 3 fully saturated rings. The minimum absolute atomic E-state index is 0.0335. The third kappa shape index (κ3) is 8.23. The molecule has 3 aliphatic rings. The molecule has 0 radical (unpaired) electrons. The van der Waals surface area contributed by atoms with Crippen molar-refractivity contribution in [1.82, 2.24) is 4.67 Å². The second-order valence-electron chi connectivity index (χ2n) is 18.2. The topological polar surface area (TPSA) is 83.9 Å². The van der Waals surface area contributed by atoms with Gasteiger partial charge < -0.3 is 14.5 Å². The summed E-state index contributed by atoms with van der Waals surface area (Å²) in [6, 6.07) is 0. The molecule has 8 heteroatoms. The highest BCUT2D eigenvalue weighted by Gasteiger charge is 2.64. The first-order valence-corrected chi connectivity index (χ1v) is 21.5. The van der Waals surface area contributed by atoms with Crippen molar-refractivity contribution in [2.24, 2.45) is 50.7 Å². The molecule has 8 unspecified atom stereocenters. The minimum atomic E-state index is -1.15. The number of rotatable bonds is 16. The second-order valence-corrected chi connectivity index (χ2v) is 19.8. The molecule has 1 N–H and O–H groups in total. The number of hydrogen-bond donors (Lipinski definition) is 1. The van der Waals surface area contributed by atoms with Gasteiger partial charge in [-0.3, -0.25) is 14.4 Å². The lowest BCUT2D eigenvalue weighted by molar-refractivity contribution is -0.174. The first-order valence-electron chi connectivity index (χ1n) is 19.7. The summed E-state index contributed by atoms with van der Waals surface area (Å²) in [7, 11) is 2.58. The third-order valence-corrected chi connectivity index (χ3v) is 15.7. The average Bonchev–Trinajstić information content (AvgIpc) is 3.05. The Kier molecular flexibility index (Phi) is 14.4. The zero-order valence-electron chi connectivity index (χ0n) is 34.1. The predicted octanol–water partition coefficient (Wildman–Crippen LogP) is 11.6. The summed E-state index contributed by atoms with van der Waals surface area (Å²) in [5.74, 6) is 0.409. The molecule has 0 heterocycles. The van der Waals surface area contributed by atoms with Gasteiger partial charge in [0, 0.05) is 18.2 Å². The molecular formula is C43H71ClNO5P. The number of carbonyl (C=O) groups excluding carboxylic acids is 2. The van der Waals surface area contributed by atoms with Crippen LogP contribution in [0.2, 0.25) is 0 Å². The van der Waals surface area contributed by atoms with E-state index in [1.165, 1.54) is 12.0 Å². The standard InChI is InChI=1S/C43H71ClNO5P/c1-14-21-43(37(33(44)27-46)45(12)51-13)23-20-32-31(36(43)30(16-3)28(4)5)17-18-34-41(32,10)25-24-40(8,9)42(34,11)22-19-29(15-2)50-35(47)26-39(6,7)38(48)49/h14,27-29,31-32,34,51H,1,15-26H2,2-13H3,(H,48,49)/b36-30+,37-33+. The van der Waals surface area contributed by atoms with Crippen LogP contribution in [0.15, 0.2) is 34.5 Å².